The second kappa shape index (κ2) is 7.24. The number of hydrazine groups is 1. The van der Waals surface area contributed by atoms with Gasteiger partial charge in [-0.2, -0.15) is 5.10 Å². The lowest BCUT2D eigenvalue weighted by Gasteiger charge is -2.38. The van der Waals surface area contributed by atoms with E-state index in [1.165, 1.54) is 0 Å². The van der Waals surface area contributed by atoms with Gasteiger partial charge in [0, 0.05) is 13.7 Å². The molecule has 1 atom stereocenters. The normalized spacial score (nSPS) is 13.8. The van der Waals surface area contributed by atoms with E-state index in [0.717, 1.165) is 31.5 Å². The molecule has 0 spiro atoms. The van der Waals surface area contributed by atoms with Crippen molar-refractivity contribution in [2.45, 2.75) is 58.2 Å². The molecule has 1 heterocycles. The summed E-state index contributed by atoms with van der Waals surface area (Å²) in [6.45, 7) is 7.10. The fourth-order valence-corrected chi connectivity index (χ4v) is 2.84. The molecule has 0 saturated carbocycles. The molecule has 19 heavy (non-hydrogen) atoms. The molecule has 1 aromatic rings. The monoisotopic (exact) mass is 288 g/mol. The Morgan fingerprint density at radius 1 is 1.47 bits per heavy atom. The van der Waals surface area contributed by atoms with Crippen LogP contribution in [0.15, 0.2) is 6.20 Å². The molecular weight excluding hydrogens is 264 g/mol. The molecule has 0 radical (unpaired) electrons. The zero-order valence-corrected chi connectivity index (χ0v) is 13.0. The summed E-state index contributed by atoms with van der Waals surface area (Å²) in [6.07, 6.45) is 4.33. The van der Waals surface area contributed by atoms with Gasteiger partial charge in [-0.1, -0.05) is 32.4 Å². The average Bonchev–Trinajstić information content (AvgIpc) is 2.78. The Kier molecular flexibility index (Phi) is 6.26. The Labute approximate surface area is 120 Å². The van der Waals surface area contributed by atoms with Crippen LogP contribution in [0.2, 0.25) is 5.02 Å². The molecule has 0 aliphatic rings. The van der Waals surface area contributed by atoms with Crippen molar-refractivity contribution in [1.82, 2.24) is 15.2 Å². The third kappa shape index (κ3) is 3.11. The molecule has 0 amide bonds. The Hall–Kier alpha value is -0.620. The maximum absolute atomic E-state index is 6.30. The lowest BCUT2D eigenvalue weighted by atomic mass is 9.86. The quantitative estimate of drug-likeness (QED) is 0.570. The minimum absolute atomic E-state index is 0.186. The summed E-state index contributed by atoms with van der Waals surface area (Å²) in [4.78, 5) is 0. The van der Waals surface area contributed by atoms with Gasteiger partial charge in [0.05, 0.1) is 28.6 Å². The van der Waals surface area contributed by atoms with Crippen molar-refractivity contribution in [3.05, 3.63) is 16.9 Å². The number of aryl methyl sites for hydroxylation is 1. The minimum Gasteiger partial charge on any atom is -0.376 e. The molecule has 0 saturated heterocycles. The minimum atomic E-state index is -0.385. The van der Waals surface area contributed by atoms with Crippen molar-refractivity contribution >= 4 is 11.6 Å². The van der Waals surface area contributed by atoms with Crippen LogP contribution >= 0.6 is 11.6 Å². The zero-order chi connectivity index (χ0) is 14.5. The molecule has 0 aromatic carbocycles. The second-order valence-corrected chi connectivity index (χ2v) is 5.08. The Morgan fingerprint density at radius 2 is 2.11 bits per heavy atom. The zero-order valence-electron chi connectivity index (χ0n) is 12.2. The van der Waals surface area contributed by atoms with E-state index in [-0.39, 0.29) is 11.6 Å². The molecule has 0 aliphatic carbocycles. The lowest BCUT2D eigenvalue weighted by Crippen LogP contribution is -2.48. The van der Waals surface area contributed by atoms with E-state index in [2.05, 4.69) is 31.3 Å². The lowest BCUT2D eigenvalue weighted by molar-refractivity contribution is -0.0507. The van der Waals surface area contributed by atoms with Gasteiger partial charge in [-0.3, -0.25) is 10.5 Å². The van der Waals surface area contributed by atoms with Gasteiger partial charge in [0.2, 0.25) is 0 Å². The molecule has 3 N–H and O–H groups in total. The molecule has 1 rings (SSSR count). The maximum Gasteiger partial charge on any atom is 0.0933 e. The number of rotatable bonds is 8. The number of halogens is 1. The number of ether oxygens (including phenoxy) is 1. The van der Waals surface area contributed by atoms with Gasteiger partial charge >= 0.3 is 0 Å². The summed E-state index contributed by atoms with van der Waals surface area (Å²) < 4.78 is 7.67. The van der Waals surface area contributed by atoms with Crippen LogP contribution in [0.4, 0.5) is 0 Å². The van der Waals surface area contributed by atoms with Crippen LogP contribution in [0.3, 0.4) is 0 Å². The van der Waals surface area contributed by atoms with Crippen LogP contribution in [0, 0.1) is 0 Å². The van der Waals surface area contributed by atoms with Crippen LogP contribution in [0.5, 0.6) is 0 Å². The third-order valence-corrected chi connectivity index (χ3v) is 4.13. The van der Waals surface area contributed by atoms with E-state index in [0.29, 0.717) is 5.02 Å². The molecule has 6 heteroatoms. The van der Waals surface area contributed by atoms with Crippen LogP contribution in [0.25, 0.3) is 0 Å². The molecule has 0 bridgehead atoms. The Balaban J connectivity index is 3.25. The summed E-state index contributed by atoms with van der Waals surface area (Å²) in [7, 11) is 1.71. The van der Waals surface area contributed by atoms with Gasteiger partial charge in [-0.15, -0.1) is 0 Å². The summed E-state index contributed by atoms with van der Waals surface area (Å²) >= 11 is 6.30. The standard InChI is InChI=1S/C13H25ClN4O/c1-5-8-18-11(10(14)9-16-18)12(17-15)13(6-2,7-3)19-4/h9,12,17H,5-8,15H2,1-4H3. The third-order valence-electron chi connectivity index (χ3n) is 3.84. The number of nitrogens with two attached hydrogens (primary N) is 1. The van der Waals surface area contributed by atoms with Crippen molar-refractivity contribution in [2.24, 2.45) is 5.84 Å². The largest absolute Gasteiger partial charge is 0.376 e. The molecule has 1 unspecified atom stereocenters. The first-order valence-corrected chi connectivity index (χ1v) is 7.20. The second-order valence-electron chi connectivity index (χ2n) is 4.68. The van der Waals surface area contributed by atoms with E-state index in [1.54, 1.807) is 13.3 Å². The van der Waals surface area contributed by atoms with Gasteiger partial charge in [0.1, 0.15) is 0 Å². The topological polar surface area (TPSA) is 65.1 Å². The number of hydrogen-bond donors (Lipinski definition) is 2. The number of aromatic nitrogens is 2. The smallest absolute Gasteiger partial charge is 0.0933 e. The fraction of sp³-hybridized carbons (Fsp3) is 0.769. The van der Waals surface area contributed by atoms with Gasteiger partial charge < -0.3 is 4.74 Å². The molecule has 0 aliphatic heterocycles. The van der Waals surface area contributed by atoms with Crippen LogP contribution in [0.1, 0.15) is 51.8 Å². The van der Waals surface area contributed by atoms with Crippen LogP contribution in [-0.2, 0) is 11.3 Å². The summed E-state index contributed by atoms with van der Waals surface area (Å²) in [5.74, 6) is 5.78. The van der Waals surface area contributed by atoms with Gasteiger partial charge in [0.15, 0.2) is 0 Å². The van der Waals surface area contributed by atoms with E-state index < -0.39 is 0 Å². The summed E-state index contributed by atoms with van der Waals surface area (Å²) in [5, 5.41) is 4.95. The van der Waals surface area contributed by atoms with Gasteiger partial charge in [0.25, 0.3) is 0 Å². The number of nitrogens with zero attached hydrogens (tertiary/aromatic N) is 2. The number of methoxy groups -OCH3 is 1. The highest BCUT2D eigenvalue weighted by atomic mass is 35.5. The van der Waals surface area contributed by atoms with Gasteiger partial charge in [-0.25, -0.2) is 5.43 Å². The van der Waals surface area contributed by atoms with Crippen LogP contribution in [-0.4, -0.2) is 22.5 Å². The SMILES string of the molecule is CCCn1ncc(Cl)c1C(NN)C(CC)(CC)OC. The number of hydrogen-bond acceptors (Lipinski definition) is 4. The van der Waals surface area contributed by atoms with Crippen LogP contribution < -0.4 is 11.3 Å². The van der Waals surface area contributed by atoms with Gasteiger partial charge in [-0.05, 0) is 19.3 Å². The average molecular weight is 289 g/mol. The van der Waals surface area contributed by atoms with E-state index in [4.69, 9.17) is 22.2 Å². The van der Waals surface area contributed by atoms with Crippen molar-refractivity contribution < 1.29 is 4.74 Å². The van der Waals surface area contributed by atoms with Crippen molar-refractivity contribution in [2.75, 3.05) is 7.11 Å². The highest BCUT2D eigenvalue weighted by molar-refractivity contribution is 6.31. The van der Waals surface area contributed by atoms with Crippen molar-refractivity contribution in [1.29, 1.82) is 0 Å². The first-order chi connectivity index (χ1) is 9.10. The predicted octanol–water partition coefficient (Wildman–Crippen LogP) is 2.66. The van der Waals surface area contributed by atoms with E-state index >= 15 is 0 Å². The highest BCUT2D eigenvalue weighted by Crippen LogP contribution is 2.37. The Morgan fingerprint density at radius 3 is 2.53 bits per heavy atom. The maximum atomic E-state index is 6.30. The molecule has 1 aromatic heterocycles. The molecule has 0 fully saturated rings. The highest BCUT2D eigenvalue weighted by Gasteiger charge is 2.39. The molecule has 5 nitrogen and oxygen atoms in total. The first-order valence-electron chi connectivity index (χ1n) is 6.82. The molecule has 110 valence electrons. The van der Waals surface area contributed by atoms with E-state index in [9.17, 15) is 0 Å². The number of nitrogens with one attached hydrogen (secondary N) is 1. The summed E-state index contributed by atoms with van der Waals surface area (Å²) in [6, 6.07) is -0.186. The predicted molar refractivity (Wildman–Crippen MR) is 77.9 cm³/mol. The first kappa shape index (κ1) is 16.4. The fourth-order valence-electron chi connectivity index (χ4n) is 2.59. The van der Waals surface area contributed by atoms with Crippen molar-refractivity contribution in [3.8, 4) is 0 Å². The van der Waals surface area contributed by atoms with Crippen molar-refractivity contribution in [3.63, 3.8) is 0 Å². The van der Waals surface area contributed by atoms with E-state index in [1.807, 2.05) is 4.68 Å². The molecular formula is C13H25ClN4O. The Bertz CT molecular complexity index is 382. The summed E-state index contributed by atoms with van der Waals surface area (Å²) in [5.41, 5.74) is 3.38.